The van der Waals surface area contributed by atoms with Crippen LogP contribution in [0.5, 0.6) is 0 Å². The Labute approximate surface area is 117 Å². The van der Waals surface area contributed by atoms with Crippen molar-refractivity contribution < 1.29 is 0 Å². The molecule has 96 valence electrons. The van der Waals surface area contributed by atoms with Gasteiger partial charge in [0.05, 0.1) is 23.0 Å². The summed E-state index contributed by atoms with van der Waals surface area (Å²) >= 11 is 0. The summed E-state index contributed by atoms with van der Waals surface area (Å²) < 4.78 is 0. The zero-order chi connectivity index (χ0) is 13.9. The standard InChI is InChI=1S/C17H13N3/c1-12-16(7-4-10-19-12)20-17-9-8-13(11-18)14-5-2-3-6-15(14)17/h2-10,20H,1H3. The third-order valence-electron chi connectivity index (χ3n) is 3.32. The van der Waals surface area contributed by atoms with Crippen molar-refractivity contribution in [3.8, 4) is 6.07 Å². The summed E-state index contributed by atoms with van der Waals surface area (Å²) in [6, 6.07) is 17.8. The number of rotatable bonds is 2. The van der Waals surface area contributed by atoms with E-state index in [1.165, 1.54) is 0 Å². The lowest BCUT2D eigenvalue weighted by molar-refractivity contribution is 1.20. The Morgan fingerprint density at radius 2 is 1.75 bits per heavy atom. The highest BCUT2D eigenvalue weighted by molar-refractivity contribution is 5.98. The molecule has 3 heteroatoms. The summed E-state index contributed by atoms with van der Waals surface area (Å²) in [5.41, 5.74) is 3.59. The zero-order valence-corrected chi connectivity index (χ0v) is 11.1. The fourth-order valence-corrected chi connectivity index (χ4v) is 2.27. The third kappa shape index (κ3) is 2.08. The molecular weight excluding hydrogens is 246 g/mol. The lowest BCUT2D eigenvalue weighted by Crippen LogP contribution is -1.96. The summed E-state index contributed by atoms with van der Waals surface area (Å²) in [6.45, 7) is 1.97. The molecule has 20 heavy (non-hydrogen) atoms. The van der Waals surface area contributed by atoms with E-state index in [2.05, 4.69) is 16.4 Å². The lowest BCUT2D eigenvalue weighted by Gasteiger charge is -2.12. The van der Waals surface area contributed by atoms with Crippen LogP contribution in [0.4, 0.5) is 11.4 Å². The number of pyridine rings is 1. The van der Waals surface area contributed by atoms with E-state index >= 15 is 0 Å². The summed E-state index contributed by atoms with van der Waals surface area (Å²) in [7, 11) is 0. The first kappa shape index (κ1) is 12.2. The minimum absolute atomic E-state index is 0.689. The molecule has 0 radical (unpaired) electrons. The first-order valence-corrected chi connectivity index (χ1v) is 6.40. The van der Waals surface area contributed by atoms with Gasteiger partial charge in [0.15, 0.2) is 0 Å². The van der Waals surface area contributed by atoms with Crippen molar-refractivity contribution in [1.29, 1.82) is 5.26 Å². The first-order chi connectivity index (χ1) is 9.79. The van der Waals surface area contributed by atoms with Crippen LogP contribution >= 0.6 is 0 Å². The fraction of sp³-hybridized carbons (Fsp3) is 0.0588. The van der Waals surface area contributed by atoms with Crippen molar-refractivity contribution in [1.82, 2.24) is 4.98 Å². The Balaban J connectivity index is 2.14. The van der Waals surface area contributed by atoms with Crippen molar-refractivity contribution in [3.05, 3.63) is 66.0 Å². The highest BCUT2D eigenvalue weighted by Gasteiger charge is 2.06. The quantitative estimate of drug-likeness (QED) is 0.751. The molecule has 0 aliphatic rings. The molecule has 0 unspecified atom stereocenters. The number of fused-ring (bicyclic) bond motifs is 1. The normalized spacial score (nSPS) is 10.2. The van der Waals surface area contributed by atoms with Gasteiger partial charge in [0, 0.05) is 22.7 Å². The molecular formula is C17H13N3. The number of nitrogens with one attached hydrogen (secondary N) is 1. The van der Waals surface area contributed by atoms with Gasteiger partial charge in [0.2, 0.25) is 0 Å². The van der Waals surface area contributed by atoms with E-state index in [1.54, 1.807) is 6.20 Å². The molecule has 3 nitrogen and oxygen atoms in total. The highest BCUT2D eigenvalue weighted by Crippen LogP contribution is 2.29. The van der Waals surface area contributed by atoms with Crippen LogP contribution in [0.2, 0.25) is 0 Å². The maximum Gasteiger partial charge on any atom is 0.0998 e. The van der Waals surface area contributed by atoms with E-state index in [9.17, 15) is 5.26 Å². The second kappa shape index (κ2) is 5.02. The molecule has 3 aromatic rings. The second-order valence-electron chi connectivity index (χ2n) is 4.58. The van der Waals surface area contributed by atoms with E-state index in [0.29, 0.717) is 5.56 Å². The van der Waals surface area contributed by atoms with Crippen molar-refractivity contribution >= 4 is 22.1 Å². The van der Waals surface area contributed by atoms with Gasteiger partial charge in [-0.15, -0.1) is 0 Å². The number of aromatic nitrogens is 1. The van der Waals surface area contributed by atoms with Crippen LogP contribution in [0.3, 0.4) is 0 Å². The van der Waals surface area contributed by atoms with Gasteiger partial charge in [-0.1, -0.05) is 24.3 Å². The van der Waals surface area contributed by atoms with Gasteiger partial charge in [-0.05, 0) is 31.2 Å². The fourth-order valence-electron chi connectivity index (χ4n) is 2.27. The Kier molecular flexibility index (Phi) is 3.06. The van der Waals surface area contributed by atoms with Crippen LogP contribution in [0.15, 0.2) is 54.7 Å². The van der Waals surface area contributed by atoms with Crippen LogP contribution in [0, 0.1) is 18.3 Å². The molecule has 1 N–H and O–H groups in total. The average molecular weight is 259 g/mol. The highest BCUT2D eigenvalue weighted by atomic mass is 14.9. The number of benzene rings is 2. The maximum atomic E-state index is 9.18. The first-order valence-electron chi connectivity index (χ1n) is 6.40. The summed E-state index contributed by atoms with van der Waals surface area (Å²) in [5, 5.41) is 14.6. The van der Waals surface area contributed by atoms with Crippen molar-refractivity contribution in [3.63, 3.8) is 0 Å². The second-order valence-corrected chi connectivity index (χ2v) is 4.58. The van der Waals surface area contributed by atoms with E-state index in [-0.39, 0.29) is 0 Å². The van der Waals surface area contributed by atoms with Crippen LogP contribution in [-0.4, -0.2) is 4.98 Å². The van der Waals surface area contributed by atoms with Gasteiger partial charge >= 0.3 is 0 Å². The number of aryl methyl sites for hydroxylation is 1. The van der Waals surface area contributed by atoms with Crippen LogP contribution < -0.4 is 5.32 Å². The zero-order valence-electron chi connectivity index (χ0n) is 11.1. The molecule has 2 aromatic carbocycles. The van der Waals surface area contributed by atoms with Crippen LogP contribution in [-0.2, 0) is 0 Å². The Morgan fingerprint density at radius 1 is 0.950 bits per heavy atom. The van der Waals surface area contributed by atoms with Gasteiger partial charge in [-0.25, -0.2) is 0 Å². The van der Waals surface area contributed by atoms with Crippen LogP contribution in [0.1, 0.15) is 11.3 Å². The van der Waals surface area contributed by atoms with E-state index in [0.717, 1.165) is 27.8 Å². The molecule has 1 aromatic heterocycles. The van der Waals surface area contributed by atoms with Gasteiger partial charge in [0.25, 0.3) is 0 Å². The number of hydrogen-bond donors (Lipinski definition) is 1. The molecule has 0 aliphatic heterocycles. The predicted molar refractivity (Wildman–Crippen MR) is 80.9 cm³/mol. The number of hydrogen-bond acceptors (Lipinski definition) is 3. The van der Waals surface area contributed by atoms with Gasteiger partial charge in [0.1, 0.15) is 0 Å². The Bertz CT molecular complexity index is 816. The van der Waals surface area contributed by atoms with Crippen LogP contribution in [0.25, 0.3) is 10.8 Å². The number of anilines is 2. The third-order valence-corrected chi connectivity index (χ3v) is 3.32. The van der Waals surface area contributed by atoms with E-state index in [4.69, 9.17) is 0 Å². The maximum absolute atomic E-state index is 9.18. The molecule has 0 saturated carbocycles. The molecule has 0 saturated heterocycles. The van der Waals surface area contributed by atoms with Crippen molar-refractivity contribution in [2.75, 3.05) is 5.32 Å². The monoisotopic (exact) mass is 259 g/mol. The van der Waals surface area contributed by atoms with Gasteiger partial charge < -0.3 is 5.32 Å². The summed E-state index contributed by atoms with van der Waals surface area (Å²) in [4.78, 5) is 4.27. The Hall–Kier alpha value is -2.86. The van der Waals surface area contributed by atoms with Gasteiger partial charge in [-0.2, -0.15) is 5.26 Å². The topological polar surface area (TPSA) is 48.7 Å². The summed E-state index contributed by atoms with van der Waals surface area (Å²) in [5.74, 6) is 0. The largest absolute Gasteiger partial charge is 0.354 e. The van der Waals surface area contributed by atoms with Crippen molar-refractivity contribution in [2.24, 2.45) is 0 Å². The minimum Gasteiger partial charge on any atom is -0.354 e. The molecule has 0 bridgehead atoms. The van der Waals surface area contributed by atoms with E-state index < -0.39 is 0 Å². The lowest BCUT2D eigenvalue weighted by atomic mass is 10.0. The SMILES string of the molecule is Cc1ncccc1Nc1ccc(C#N)c2ccccc12. The minimum atomic E-state index is 0.689. The smallest absolute Gasteiger partial charge is 0.0998 e. The number of nitrogens with zero attached hydrogens (tertiary/aromatic N) is 2. The molecule has 0 fully saturated rings. The molecule has 1 heterocycles. The number of nitriles is 1. The van der Waals surface area contributed by atoms with Crippen molar-refractivity contribution in [2.45, 2.75) is 6.92 Å². The Morgan fingerprint density at radius 3 is 2.50 bits per heavy atom. The molecule has 0 amide bonds. The average Bonchev–Trinajstić information content (AvgIpc) is 2.50. The molecule has 0 spiro atoms. The van der Waals surface area contributed by atoms with E-state index in [1.807, 2.05) is 55.5 Å². The summed E-state index contributed by atoms with van der Waals surface area (Å²) in [6.07, 6.45) is 1.78. The predicted octanol–water partition coefficient (Wildman–Crippen LogP) is 4.16. The van der Waals surface area contributed by atoms with Gasteiger partial charge in [-0.3, -0.25) is 4.98 Å². The molecule has 0 aliphatic carbocycles. The molecule has 3 rings (SSSR count). The molecule has 0 atom stereocenters.